The van der Waals surface area contributed by atoms with Gasteiger partial charge >= 0.3 is 0 Å². The fourth-order valence-electron chi connectivity index (χ4n) is 2.67. The van der Waals surface area contributed by atoms with Crippen molar-refractivity contribution in [1.29, 1.82) is 0 Å². The molecule has 0 saturated carbocycles. The van der Waals surface area contributed by atoms with Crippen LogP contribution in [-0.2, 0) is 16.1 Å². The monoisotopic (exact) mass is 360 g/mol. The van der Waals surface area contributed by atoms with Crippen molar-refractivity contribution in [2.24, 2.45) is 0 Å². The number of nitrogens with one attached hydrogen (secondary N) is 1. The molecular formula is C18H20N2O4S. The molecule has 0 radical (unpaired) electrons. The molecule has 2 heterocycles. The van der Waals surface area contributed by atoms with E-state index in [1.807, 2.05) is 17.5 Å². The summed E-state index contributed by atoms with van der Waals surface area (Å²) in [5.74, 6) is 0.442. The van der Waals surface area contributed by atoms with Crippen molar-refractivity contribution in [1.82, 2.24) is 4.90 Å². The van der Waals surface area contributed by atoms with Gasteiger partial charge in [0, 0.05) is 31.5 Å². The molecule has 0 aliphatic carbocycles. The molecule has 1 aliphatic rings. The maximum Gasteiger partial charge on any atom is 0.265 e. The first-order valence-corrected chi connectivity index (χ1v) is 8.88. The Kier molecular flexibility index (Phi) is 5.35. The van der Waals surface area contributed by atoms with Crippen LogP contribution in [0.2, 0.25) is 0 Å². The lowest BCUT2D eigenvalue weighted by molar-refractivity contribution is -0.138. The van der Waals surface area contributed by atoms with Crippen molar-refractivity contribution in [3.05, 3.63) is 46.2 Å². The van der Waals surface area contributed by atoms with Gasteiger partial charge in [0.05, 0.1) is 11.5 Å². The van der Waals surface area contributed by atoms with Crippen LogP contribution in [0.25, 0.3) is 0 Å². The van der Waals surface area contributed by atoms with Crippen molar-refractivity contribution in [3.63, 3.8) is 0 Å². The van der Waals surface area contributed by atoms with Gasteiger partial charge in [-0.25, -0.2) is 0 Å². The quantitative estimate of drug-likeness (QED) is 0.890. The Morgan fingerprint density at radius 2 is 2.28 bits per heavy atom. The summed E-state index contributed by atoms with van der Waals surface area (Å²) in [7, 11) is 1.61. The van der Waals surface area contributed by atoms with Gasteiger partial charge in [-0.2, -0.15) is 0 Å². The van der Waals surface area contributed by atoms with Gasteiger partial charge in [-0.15, -0.1) is 11.3 Å². The van der Waals surface area contributed by atoms with E-state index in [2.05, 4.69) is 5.32 Å². The summed E-state index contributed by atoms with van der Waals surface area (Å²) < 4.78 is 10.9. The molecule has 0 bridgehead atoms. The number of amides is 2. The Balaban J connectivity index is 1.81. The van der Waals surface area contributed by atoms with E-state index < -0.39 is 6.10 Å². The summed E-state index contributed by atoms with van der Waals surface area (Å²) in [6.45, 7) is 3.12. The highest BCUT2D eigenvalue weighted by molar-refractivity contribution is 7.12. The van der Waals surface area contributed by atoms with Crippen molar-refractivity contribution in [2.45, 2.75) is 19.6 Å². The summed E-state index contributed by atoms with van der Waals surface area (Å²) in [6, 6.07) is 9.05. The van der Waals surface area contributed by atoms with Crippen LogP contribution in [0.3, 0.4) is 0 Å². The molecule has 3 rings (SSSR count). The zero-order valence-electron chi connectivity index (χ0n) is 14.2. The minimum Gasteiger partial charge on any atom is -0.481 e. The van der Waals surface area contributed by atoms with Crippen LogP contribution in [0.1, 0.15) is 22.2 Å². The number of hydrogen-bond acceptors (Lipinski definition) is 5. The highest BCUT2D eigenvalue weighted by atomic mass is 32.1. The van der Waals surface area contributed by atoms with E-state index in [1.165, 1.54) is 11.3 Å². The lowest BCUT2D eigenvalue weighted by Crippen LogP contribution is -2.39. The number of thiophene rings is 1. The van der Waals surface area contributed by atoms with Gasteiger partial charge in [-0.1, -0.05) is 6.07 Å². The topological polar surface area (TPSA) is 67.9 Å². The smallest absolute Gasteiger partial charge is 0.265 e. The van der Waals surface area contributed by atoms with Crippen molar-refractivity contribution in [3.8, 4) is 5.75 Å². The molecule has 1 aliphatic heterocycles. The second kappa shape index (κ2) is 7.67. The summed E-state index contributed by atoms with van der Waals surface area (Å²) in [5, 5.41) is 4.74. The molecule has 25 heavy (non-hydrogen) atoms. The Hall–Kier alpha value is -2.38. The molecule has 1 unspecified atom stereocenters. The van der Waals surface area contributed by atoms with Crippen molar-refractivity contribution < 1.29 is 19.1 Å². The largest absolute Gasteiger partial charge is 0.481 e. The van der Waals surface area contributed by atoms with Gasteiger partial charge in [-0.3, -0.25) is 9.59 Å². The number of anilines is 1. The van der Waals surface area contributed by atoms with Crippen LogP contribution in [0.4, 0.5) is 5.69 Å². The Morgan fingerprint density at radius 1 is 1.44 bits per heavy atom. The number of hydrogen-bond donors (Lipinski definition) is 1. The molecule has 1 aromatic heterocycles. The predicted octanol–water partition coefficient (Wildman–Crippen LogP) is 2.76. The van der Waals surface area contributed by atoms with Crippen molar-refractivity contribution >= 4 is 28.8 Å². The Bertz CT molecular complexity index is 760. The number of fused-ring (bicyclic) bond motifs is 1. The first-order chi connectivity index (χ1) is 12.1. The van der Waals surface area contributed by atoms with Crippen LogP contribution in [-0.4, -0.2) is 43.1 Å². The second-order valence-corrected chi connectivity index (χ2v) is 6.71. The molecular weight excluding hydrogens is 340 g/mol. The zero-order chi connectivity index (χ0) is 17.8. The third-order valence-electron chi connectivity index (χ3n) is 3.95. The highest BCUT2D eigenvalue weighted by Gasteiger charge is 2.27. The normalized spacial score (nSPS) is 16.8. The number of ether oxygens (including phenoxy) is 2. The molecule has 2 aromatic rings. The Morgan fingerprint density at radius 3 is 3.00 bits per heavy atom. The first kappa shape index (κ1) is 17.4. The van der Waals surface area contributed by atoms with Gasteiger partial charge in [0.2, 0.25) is 0 Å². The molecule has 0 fully saturated rings. The van der Waals surface area contributed by atoms with E-state index in [0.717, 1.165) is 5.56 Å². The van der Waals surface area contributed by atoms with Crippen LogP contribution < -0.4 is 10.1 Å². The van der Waals surface area contributed by atoms with E-state index >= 15 is 0 Å². The highest BCUT2D eigenvalue weighted by Crippen LogP contribution is 2.29. The van der Waals surface area contributed by atoms with Crippen LogP contribution in [0.5, 0.6) is 5.75 Å². The SMILES string of the molecule is COCCN1Cc2cc(NC(=O)c3cccs3)ccc2OC(C)C1=O. The standard InChI is InChI=1S/C18H20N2O4S/c1-12-18(22)20(7-8-23-2)11-13-10-14(5-6-15(13)24-12)19-17(21)16-4-3-9-25-16/h3-6,9-10,12H,7-8,11H2,1-2H3,(H,19,21). The molecule has 132 valence electrons. The zero-order valence-corrected chi connectivity index (χ0v) is 15.0. The maximum atomic E-state index is 12.4. The van der Waals surface area contributed by atoms with Gasteiger partial charge in [0.1, 0.15) is 5.75 Å². The summed E-state index contributed by atoms with van der Waals surface area (Å²) in [6.07, 6.45) is -0.551. The maximum absolute atomic E-state index is 12.4. The number of carbonyl (C=O) groups is 2. The first-order valence-electron chi connectivity index (χ1n) is 8.00. The number of nitrogens with zero attached hydrogens (tertiary/aromatic N) is 1. The van der Waals surface area contributed by atoms with Crippen LogP contribution >= 0.6 is 11.3 Å². The van der Waals surface area contributed by atoms with Crippen LogP contribution in [0, 0.1) is 0 Å². The third kappa shape index (κ3) is 4.00. The average molecular weight is 360 g/mol. The molecule has 2 amide bonds. The fraction of sp³-hybridized carbons (Fsp3) is 0.333. The molecule has 6 nitrogen and oxygen atoms in total. The van der Waals surface area contributed by atoms with Gasteiger partial charge < -0.3 is 19.7 Å². The van der Waals surface area contributed by atoms with Gasteiger partial charge in [0.15, 0.2) is 6.10 Å². The van der Waals surface area contributed by atoms with E-state index in [-0.39, 0.29) is 11.8 Å². The minimum absolute atomic E-state index is 0.0718. The van der Waals surface area contributed by atoms with Gasteiger partial charge in [0.25, 0.3) is 11.8 Å². The molecule has 1 atom stereocenters. The lowest BCUT2D eigenvalue weighted by Gasteiger charge is -2.21. The predicted molar refractivity (Wildman–Crippen MR) is 96.1 cm³/mol. The van der Waals surface area contributed by atoms with E-state index in [1.54, 1.807) is 37.1 Å². The lowest BCUT2D eigenvalue weighted by atomic mass is 10.1. The summed E-state index contributed by atoms with van der Waals surface area (Å²) in [5.41, 5.74) is 1.53. The van der Waals surface area contributed by atoms with Crippen molar-refractivity contribution in [2.75, 3.05) is 25.6 Å². The van der Waals surface area contributed by atoms with E-state index in [0.29, 0.717) is 36.0 Å². The number of benzene rings is 1. The summed E-state index contributed by atoms with van der Waals surface area (Å²) in [4.78, 5) is 27.0. The second-order valence-electron chi connectivity index (χ2n) is 5.77. The van der Waals surface area contributed by atoms with E-state index in [9.17, 15) is 9.59 Å². The van der Waals surface area contributed by atoms with Gasteiger partial charge in [-0.05, 0) is 36.6 Å². The molecule has 0 saturated heterocycles. The molecule has 7 heteroatoms. The molecule has 1 aromatic carbocycles. The Labute approximate surface area is 150 Å². The fourth-order valence-corrected chi connectivity index (χ4v) is 3.29. The summed E-state index contributed by atoms with van der Waals surface area (Å²) >= 11 is 1.39. The van der Waals surface area contributed by atoms with E-state index in [4.69, 9.17) is 9.47 Å². The minimum atomic E-state index is -0.551. The number of carbonyl (C=O) groups excluding carboxylic acids is 2. The molecule has 1 N–H and O–H groups in total. The average Bonchev–Trinajstić information content (AvgIpc) is 3.11. The molecule has 0 spiro atoms. The number of methoxy groups -OCH3 is 1. The number of rotatable bonds is 5. The third-order valence-corrected chi connectivity index (χ3v) is 4.82. The van der Waals surface area contributed by atoms with Crippen LogP contribution in [0.15, 0.2) is 35.7 Å².